The van der Waals surface area contributed by atoms with Crippen molar-refractivity contribution in [3.05, 3.63) is 87.2 Å². The van der Waals surface area contributed by atoms with Gasteiger partial charge in [0.25, 0.3) is 11.6 Å². The average Bonchev–Trinajstić information content (AvgIpc) is 2.97. The van der Waals surface area contributed by atoms with Crippen molar-refractivity contribution in [1.29, 1.82) is 0 Å². The predicted molar refractivity (Wildman–Crippen MR) is 101 cm³/mol. The molecular weight excluding hydrogens is 346 g/mol. The molecule has 3 rings (SSSR count). The summed E-state index contributed by atoms with van der Waals surface area (Å²) in [6.07, 6.45) is 1.54. The number of nitro groups is 1. The number of hydrazone groups is 1. The third-order valence-corrected chi connectivity index (χ3v) is 4.05. The molecule has 3 aromatic rings. The molecule has 1 aromatic heterocycles. The highest BCUT2D eigenvalue weighted by Crippen LogP contribution is 2.16. The van der Waals surface area contributed by atoms with Crippen LogP contribution in [0.3, 0.4) is 0 Å². The maximum Gasteiger partial charge on any atom is 0.271 e. The van der Waals surface area contributed by atoms with Crippen molar-refractivity contribution in [3.63, 3.8) is 0 Å². The lowest BCUT2D eigenvalue weighted by molar-refractivity contribution is -0.384. The summed E-state index contributed by atoms with van der Waals surface area (Å²) in [6, 6.07) is 15.0. The van der Waals surface area contributed by atoms with Crippen molar-refractivity contribution in [3.8, 4) is 5.69 Å². The zero-order chi connectivity index (χ0) is 19.4. The number of carbonyl (C=O) groups excluding carboxylic acids is 1. The number of nitro benzene ring substituents is 1. The summed E-state index contributed by atoms with van der Waals surface area (Å²) in [4.78, 5) is 22.2. The molecule has 0 atom stereocenters. The predicted octanol–water partition coefficient (Wildman–Crippen LogP) is 3.16. The van der Waals surface area contributed by atoms with Gasteiger partial charge in [-0.05, 0) is 38.1 Å². The normalized spacial score (nSPS) is 10.9. The van der Waals surface area contributed by atoms with E-state index in [1.807, 2.05) is 48.9 Å². The van der Waals surface area contributed by atoms with Gasteiger partial charge in [-0.15, -0.1) is 0 Å². The van der Waals surface area contributed by atoms with E-state index < -0.39 is 10.8 Å². The molecule has 0 aliphatic carbocycles. The van der Waals surface area contributed by atoms with Gasteiger partial charge in [0.1, 0.15) is 0 Å². The lowest BCUT2D eigenvalue weighted by Crippen LogP contribution is -2.17. The number of para-hydroxylation sites is 1. The fourth-order valence-electron chi connectivity index (χ4n) is 2.62. The Balaban J connectivity index is 1.74. The smallest absolute Gasteiger partial charge is 0.267 e. The van der Waals surface area contributed by atoms with Crippen LogP contribution < -0.4 is 5.43 Å². The quantitative estimate of drug-likeness (QED) is 0.427. The summed E-state index contributed by atoms with van der Waals surface area (Å²) >= 11 is 0. The van der Waals surface area contributed by atoms with E-state index in [9.17, 15) is 14.9 Å². The molecule has 1 N–H and O–H groups in total. The SMILES string of the molecule is Cc1nn(-c2ccccc2)c(C)c1C=NNC(=O)c1ccc([N+](=O)[O-])cc1. The highest BCUT2D eigenvalue weighted by Gasteiger charge is 2.12. The number of non-ortho nitro benzene ring substituents is 1. The zero-order valence-electron chi connectivity index (χ0n) is 14.8. The Morgan fingerprint density at radius 3 is 2.44 bits per heavy atom. The van der Waals surface area contributed by atoms with E-state index >= 15 is 0 Å². The molecule has 136 valence electrons. The number of nitrogens with one attached hydrogen (secondary N) is 1. The van der Waals surface area contributed by atoms with Crippen LogP contribution in [0.15, 0.2) is 59.7 Å². The molecular formula is C19H17N5O3. The first-order valence-corrected chi connectivity index (χ1v) is 8.17. The molecule has 0 aliphatic rings. The Hall–Kier alpha value is -3.81. The van der Waals surface area contributed by atoms with Crippen LogP contribution in [0.4, 0.5) is 5.69 Å². The van der Waals surface area contributed by atoms with E-state index in [4.69, 9.17) is 0 Å². The summed E-state index contributed by atoms with van der Waals surface area (Å²) in [6.45, 7) is 3.79. The maximum absolute atomic E-state index is 12.1. The van der Waals surface area contributed by atoms with E-state index in [1.165, 1.54) is 24.3 Å². The minimum atomic E-state index is -0.518. The van der Waals surface area contributed by atoms with Crippen molar-refractivity contribution in [2.75, 3.05) is 0 Å². The minimum absolute atomic E-state index is 0.0744. The van der Waals surface area contributed by atoms with Gasteiger partial charge in [0.05, 0.1) is 28.2 Å². The summed E-state index contributed by atoms with van der Waals surface area (Å²) in [5.74, 6) is -0.452. The van der Waals surface area contributed by atoms with E-state index in [0.29, 0.717) is 0 Å². The number of hydrogen-bond acceptors (Lipinski definition) is 5. The summed E-state index contributed by atoms with van der Waals surface area (Å²) in [5.41, 5.74) is 6.06. The standard InChI is InChI=1S/C19H17N5O3/c1-13-18(14(2)23(22-13)16-6-4-3-5-7-16)12-20-21-19(25)15-8-10-17(11-9-15)24(26)27/h3-12H,1-2H3,(H,21,25). The third-order valence-electron chi connectivity index (χ3n) is 4.05. The molecule has 0 saturated carbocycles. The second kappa shape index (κ2) is 7.61. The van der Waals surface area contributed by atoms with Crippen LogP contribution in [0.25, 0.3) is 5.69 Å². The van der Waals surface area contributed by atoms with Gasteiger partial charge < -0.3 is 0 Å². The highest BCUT2D eigenvalue weighted by atomic mass is 16.6. The Morgan fingerprint density at radius 2 is 1.81 bits per heavy atom. The molecule has 0 aliphatic heterocycles. The topological polar surface area (TPSA) is 102 Å². The van der Waals surface area contributed by atoms with Gasteiger partial charge in [-0.1, -0.05) is 18.2 Å². The van der Waals surface area contributed by atoms with Gasteiger partial charge in [0.15, 0.2) is 0 Å². The summed E-state index contributed by atoms with van der Waals surface area (Å²) in [5, 5.41) is 19.2. The lowest BCUT2D eigenvalue weighted by atomic mass is 10.2. The molecule has 0 spiro atoms. The average molecular weight is 363 g/mol. The fraction of sp³-hybridized carbons (Fsp3) is 0.105. The number of benzene rings is 2. The molecule has 1 amide bonds. The monoisotopic (exact) mass is 363 g/mol. The van der Waals surface area contributed by atoms with E-state index in [2.05, 4.69) is 15.6 Å². The van der Waals surface area contributed by atoms with Crippen LogP contribution in [0.5, 0.6) is 0 Å². The number of hydrogen-bond donors (Lipinski definition) is 1. The van der Waals surface area contributed by atoms with Crippen LogP contribution in [-0.4, -0.2) is 26.8 Å². The van der Waals surface area contributed by atoms with Gasteiger partial charge in [-0.25, -0.2) is 10.1 Å². The van der Waals surface area contributed by atoms with E-state index in [1.54, 1.807) is 6.21 Å². The first kappa shape index (κ1) is 18.0. The van der Waals surface area contributed by atoms with Gasteiger partial charge in [-0.2, -0.15) is 10.2 Å². The first-order valence-electron chi connectivity index (χ1n) is 8.17. The summed E-state index contributed by atoms with van der Waals surface area (Å²) in [7, 11) is 0. The molecule has 0 radical (unpaired) electrons. The fourth-order valence-corrected chi connectivity index (χ4v) is 2.62. The van der Waals surface area contributed by atoms with Crippen LogP contribution in [-0.2, 0) is 0 Å². The second-order valence-electron chi connectivity index (χ2n) is 5.83. The van der Waals surface area contributed by atoms with Crippen LogP contribution in [0.2, 0.25) is 0 Å². The number of aryl methyl sites for hydroxylation is 1. The molecule has 8 nitrogen and oxygen atoms in total. The third kappa shape index (κ3) is 3.90. The Bertz CT molecular complexity index is 1010. The van der Waals surface area contributed by atoms with Crippen molar-refractivity contribution < 1.29 is 9.72 Å². The molecule has 0 saturated heterocycles. The Labute approximate surface area is 155 Å². The summed E-state index contributed by atoms with van der Waals surface area (Å²) < 4.78 is 1.81. The maximum atomic E-state index is 12.1. The number of nitrogens with zero attached hydrogens (tertiary/aromatic N) is 4. The van der Waals surface area contributed by atoms with Gasteiger partial charge in [-0.3, -0.25) is 14.9 Å². The molecule has 1 heterocycles. The molecule has 8 heteroatoms. The van der Waals surface area contributed by atoms with Gasteiger partial charge in [0.2, 0.25) is 0 Å². The molecule has 0 unspecified atom stereocenters. The highest BCUT2D eigenvalue weighted by molar-refractivity contribution is 5.95. The molecule has 27 heavy (non-hydrogen) atoms. The number of aromatic nitrogens is 2. The molecule has 2 aromatic carbocycles. The van der Waals surface area contributed by atoms with Crippen LogP contribution >= 0.6 is 0 Å². The number of carbonyl (C=O) groups is 1. The first-order chi connectivity index (χ1) is 13.0. The van der Waals surface area contributed by atoms with E-state index in [-0.39, 0.29) is 11.3 Å². The van der Waals surface area contributed by atoms with Crippen molar-refractivity contribution in [2.45, 2.75) is 13.8 Å². The Kier molecular flexibility index (Phi) is 5.07. The Morgan fingerprint density at radius 1 is 1.15 bits per heavy atom. The van der Waals surface area contributed by atoms with Gasteiger partial charge in [0, 0.05) is 23.3 Å². The van der Waals surface area contributed by atoms with Crippen LogP contribution in [0, 0.1) is 24.0 Å². The number of amides is 1. The largest absolute Gasteiger partial charge is 0.271 e. The van der Waals surface area contributed by atoms with Crippen molar-refractivity contribution in [2.24, 2.45) is 5.10 Å². The molecule has 0 fully saturated rings. The minimum Gasteiger partial charge on any atom is -0.267 e. The zero-order valence-corrected chi connectivity index (χ0v) is 14.8. The van der Waals surface area contributed by atoms with Gasteiger partial charge >= 0.3 is 0 Å². The van der Waals surface area contributed by atoms with Crippen molar-refractivity contribution >= 4 is 17.8 Å². The van der Waals surface area contributed by atoms with Crippen LogP contribution in [0.1, 0.15) is 27.3 Å². The second-order valence-corrected chi connectivity index (χ2v) is 5.83. The molecule has 0 bridgehead atoms. The van der Waals surface area contributed by atoms with Crippen molar-refractivity contribution in [1.82, 2.24) is 15.2 Å². The number of rotatable bonds is 5. The lowest BCUT2D eigenvalue weighted by Gasteiger charge is -2.03. The van der Waals surface area contributed by atoms with E-state index in [0.717, 1.165) is 22.6 Å².